The molecule has 0 spiro atoms. The largest absolute Gasteiger partial charge is 0.481 e. The van der Waals surface area contributed by atoms with Gasteiger partial charge in [-0.05, 0) is 45.7 Å². The van der Waals surface area contributed by atoms with Crippen LogP contribution in [0.4, 0.5) is 0 Å². The molecule has 2 fully saturated rings. The molecule has 5 heteroatoms. The number of carbonyl (C=O) groups excluding carboxylic acids is 1. The minimum atomic E-state index is -0.756. The van der Waals surface area contributed by atoms with Gasteiger partial charge in [-0.1, -0.05) is 0 Å². The summed E-state index contributed by atoms with van der Waals surface area (Å²) < 4.78 is 0. The van der Waals surface area contributed by atoms with Gasteiger partial charge in [-0.25, -0.2) is 0 Å². The number of likely N-dealkylation sites (N-methyl/N-ethyl adjacent to an activating group) is 2. The van der Waals surface area contributed by atoms with Crippen LogP contribution in [0.1, 0.15) is 32.1 Å². The summed E-state index contributed by atoms with van der Waals surface area (Å²) in [5.74, 6) is -1.04. The third-order valence-electron chi connectivity index (χ3n) is 4.66. The molecule has 3 unspecified atom stereocenters. The normalized spacial score (nSPS) is 31.6. The number of carboxylic acids is 1. The molecule has 1 heterocycles. The molecule has 1 saturated heterocycles. The molecule has 1 amide bonds. The molecule has 0 bridgehead atoms. The van der Waals surface area contributed by atoms with Crippen LogP contribution in [0, 0.1) is 11.8 Å². The van der Waals surface area contributed by atoms with Gasteiger partial charge in [0.05, 0.1) is 5.92 Å². The lowest BCUT2D eigenvalue weighted by Gasteiger charge is -2.27. The summed E-state index contributed by atoms with van der Waals surface area (Å²) in [5, 5.41) is 8.98. The van der Waals surface area contributed by atoms with E-state index in [-0.39, 0.29) is 17.7 Å². The van der Waals surface area contributed by atoms with E-state index in [1.807, 2.05) is 7.05 Å². The van der Waals surface area contributed by atoms with Crippen molar-refractivity contribution in [1.29, 1.82) is 0 Å². The van der Waals surface area contributed by atoms with Crippen molar-refractivity contribution in [3.63, 3.8) is 0 Å². The molecule has 1 N–H and O–H groups in total. The zero-order valence-electron chi connectivity index (χ0n) is 11.8. The van der Waals surface area contributed by atoms with Gasteiger partial charge >= 0.3 is 5.97 Å². The van der Waals surface area contributed by atoms with Gasteiger partial charge in [0.15, 0.2) is 0 Å². The zero-order valence-corrected chi connectivity index (χ0v) is 11.8. The summed E-state index contributed by atoms with van der Waals surface area (Å²) in [6, 6.07) is 0.464. The molecule has 19 heavy (non-hydrogen) atoms. The van der Waals surface area contributed by atoms with E-state index in [0.717, 1.165) is 25.9 Å². The van der Waals surface area contributed by atoms with E-state index >= 15 is 0 Å². The van der Waals surface area contributed by atoms with Crippen LogP contribution >= 0.6 is 0 Å². The molecule has 3 atom stereocenters. The maximum atomic E-state index is 12.3. The molecule has 0 aromatic carbocycles. The fourth-order valence-electron chi connectivity index (χ4n) is 3.36. The van der Waals surface area contributed by atoms with Crippen LogP contribution in [0.25, 0.3) is 0 Å². The fraction of sp³-hybridized carbons (Fsp3) is 0.857. The van der Waals surface area contributed by atoms with Gasteiger partial charge < -0.3 is 14.9 Å². The SMILES string of the molecule is CN(CC1CCCN1C)C(=O)C1CCC(C(=O)O)C1. The highest BCUT2D eigenvalue weighted by Crippen LogP contribution is 2.32. The van der Waals surface area contributed by atoms with Crippen LogP contribution < -0.4 is 0 Å². The Morgan fingerprint density at radius 1 is 1.26 bits per heavy atom. The van der Waals surface area contributed by atoms with Crippen molar-refractivity contribution in [2.45, 2.75) is 38.1 Å². The molecule has 1 saturated carbocycles. The number of hydrogen-bond acceptors (Lipinski definition) is 3. The number of aliphatic carboxylic acids is 1. The standard InChI is InChI=1S/C14H24N2O3/c1-15-7-3-4-12(15)9-16(2)13(17)10-5-6-11(8-10)14(18)19/h10-12H,3-9H2,1-2H3,(H,18,19). The van der Waals surface area contributed by atoms with Crippen molar-refractivity contribution in [2.24, 2.45) is 11.8 Å². The Bertz CT molecular complexity index is 359. The smallest absolute Gasteiger partial charge is 0.306 e. The summed E-state index contributed by atoms with van der Waals surface area (Å²) >= 11 is 0. The number of hydrogen-bond donors (Lipinski definition) is 1. The lowest BCUT2D eigenvalue weighted by Crippen LogP contribution is -2.41. The number of amides is 1. The fourth-order valence-corrected chi connectivity index (χ4v) is 3.36. The first-order valence-electron chi connectivity index (χ1n) is 7.17. The number of carboxylic acid groups (broad SMARTS) is 1. The molecule has 5 nitrogen and oxygen atoms in total. The van der Waals surface area contributed by atoms with E-state index in [2.05, 4.69) is 11.9 Å². The average molecular weight is 268 g/mol. The van der Waals surface area contributed by atoms with Crippen molar-refractivity contribution < 1.29 is 14.7 Å². The molecular weight excluding hydrogens is 244 g/mol. The molecular formula is C14H24N2O3. The van der Waals surface area contributed by atoms with Crippen molar-refractivity contribution in [1.82, 2.24) is 9.80 Å². The minimum absolute atomic E-state index is 0.0854. The van der Waals surface area contributed by atoms with Crippen LogP contribution in [-0.4, -0.2) is 60.0 Å². The van der Waals surface area contributed by atoms with Crippen LogP contribution in [-0.2, 0) is 9.59 Å². The second kappa shape index (κ2) is 5.90. The Kier molecular flexibility index (Phi) is 4.45. The molecule has 2 rings (SSSR count). The Morgan fingerprint density at radius 2 is 1.95 bits per heavy atom. The second-order valence-electron chi connectivity index (χ2n) is 6.04. The summed E-state index contributed by atoms with van der Waals surface area (Å²) in [6.45, 7) is 1.88. The summed E-state index contributed by atoms with van der Waals surface area (Å²) in [7, 11) is 3.95. The third-order valence-corrected chi connectivity index (χ3v) is 4.66. The van der Waals surface area contributed by atoms with Crippen molar-refractivity contribution in [2.75, 3.05) is 27.2 Å². The molecule has 2 aliphatic rings. The zero-order chi connectivity index (χ0) is 14.0. The molecule has 108 valence electrons. The van der Waals surface area contributed by atoms with E-state index < -0.39 is 5.97 Å². The lowest BCUT2D eigenvalue weighted by atomic mass is 10.0. The van der Waals surface area contributed by atoms with Gasteiger partial charge in [0.1, 0.15) is 0 Å². The monoisotopic (exact) mass is 268 g/mol. The van der Waals surface area contributed by atoms with Gasteiger partial charge in [-0.2, -0.15) is 0 Å². The van der Waals surface area contributed by atoms with Crippen molar-refractivity contribution >= 4 is 11.9 Å². The Labute approximate surface area is 114 Å². The Balaban J connectivity index is 1.84. The summed E-state index contributed by atoms with van der Waals surface area (Å²) in [6.07, 6.45) is 4.23. The number of carbonyl (C=O) groups is 2. The maximum absolute atomic E-state index is 12.3. The van der Waals surface area contributed by atoms with Crippen molar-refractivity contribution in [3.8, 4) is 0 Å². The van der Waals surface area contributed by atoms with Crippen molar-refractivity contribution in [3.05, 3.63) is 0 Å². The van der Waals surface area contributed by atoms with E-state index in [9.17, 15) is 9.59 Å². The molecule has 1 aliphatic carbocycles. The topological polar surface area (TPSA) is 60.9 Å². The van der Waals surface area contributed by atoms with E-state index in [4.69, 9.17) is 5.11 Å². The first-order valence-corrected chi connectivity index (χ1v) is 7.17. The van der Waals surface area contributed by atoms with E-state index in [0.29, 0.717) is 18.9 Å². The quantitative estimate of drug-likeness (QED) is 0.827. The van der Waals surface area contributed by atoms with Crippen LogP contribution in [0.2, 0.25) is 0 Å². The second-order valence-corrected chi connectivity index (χ2v) is 6.04. The van der Waals surface area contributed by atoms with E-state index in [1.165, 1.54) is 6.42 Å². The van der Waals surface area contributed by atoms with Gasteiger partial charge in [0, 0.05) is 25.6 Å². The summed E-state index contributed by atoms with van der Waals surface area (Å²) in [5.41, 5.74) is 0. The molecule has 0 radical (unpaired) electrons. The van der Waals surface area contributed by atoms with Gasteiger partial charge in [0.25, 0.3) is 0 Å². The predicted molar refractivity (Wildman–Crippen MR) is 71.8 cm³/mol. The predicted octanol–water partition coefficient (Wildman–Crippen LogP) is 1.04. The highest BCUT2D eigenvalue weighted by Gasteiger charge is 2.35. The first kappa shape index (κ1) is 14.3. The molecule has 0 aromatic heterocycles. The van der Waals surface area contributed by atoms with Gasteiger partial charge in [0.2, 0.25) is 5.91 Å². The highest BCUT2D eigenvalue weighted by molar-refractivity contribution is 5.80. The first-order chi connectivity index (χ1) is 8.99. The number of likely N-dealkylation sites (tertiary alicyclic amines) is 1. The summed E-state index contributed by atoms with van der Waals surface area (Å²) in [4.78, 5) is 27.4. The average Bonchev–Trinajstić information content (AvgIpc) is 2.98. The molecule has 1 aliphatic heterocycles. The van der Waals surface area contributed by atoms with Gasteiger partial charge in [-0.3, -0.25) is 9.59 Å². The minimum Gasteiger partial charge on any atom is -0.481 e. The highest BCUT2D eigenvalue weighted by atomic mass is 16.4. The lowest BCUT2D eigenvalue weighted by molar-refractivity contribution is -0.141. The number of nitrogens with zero attached hydrogens (tertiary/aromatic N) is 2. The van der Waals surface area contributed by atoms with Crippen LogP contribution in [0.5, 0.6) is 0 Å². The van der Waals surface area contributed by atoms with Crippen LogP contribution in [0.3, 0.4) is 0 Å². The number of rotatable bonds is 4. The molecule has 0 aromatic rings. The Hall–Kier alpha value is -1.10. The van der Waals surface area contributed by atoms with E-state index in [1.54, 1.807) is 4.90 Å². The Morgan fingerprint density at radius 3 is 2.47 bits per heavy atom. The third kappa shape index (κ3) is 3.26. The van der Waals surface area contributed by atoms with Crippen LogP contribution in [0.15, 0.2) is 0 Å². The van der Waals surface area contributed by atoms with Gasteiger partial charge in [-0.15, -0.1) is 0 Å². The maximum Gasteiger partial charge on any atom is 0.306 e.